The molecular weight excluding hydrogens is 282 g/mol. The van der Waals surface area contributed by atoms with E-state index in [0.29, 0.717) is 6.54 Å². The molecule has 6 nitrogen and oxygen atoms in total. The molecule has 2 heterocycles. The topological polar surface area (TPSA) is 79.5 Å². The van der Waals surface area contributed by atoms with Crippen molar-refractivity contribution in [2.24, 2.45) is 0 Å². The summed E-state index contributed by atoms with van der Waals surface area (Å²) in [4.78, 5) is 17.2. The van der Waals surface area contributed by atoms with E-state index in [1.807, 2.05) is 19.9 Å². The average Bonchev–Trinajstić information content (AvgIpc) is 2.44. The van der Waals surface area contributed by atoms with Crippen molar-refractivity contribution < 1.29 is 10.0 Å². The second-order valence-corrected chi connectivity index (χ2v) is 6.26. The van der Waals surface area contributed by atoms with Crippen molar-refractivity contribution in [3.63, 3.8) is 0 Å². The highest BCUT2D eigenvalue weighted by atomic mass is 16.6. The fourth-order valence-electron chi connectivity index (χ4n) is 3.13. The summed E-state index contributed by atoms with van der Waals surface area (Å²) in [6.07, 6.45) is 1.66. The van der Waals surface area contributed by atoms with E-state index in [0.717, 1.165) is 41.7 Å². The first-order valence-corrected chi connectivity index (χ1v) is 7.39. The minimum Gasteiger partial charge on any atom is -0.388 e. The summed E-state index contributed by atoms with van der Waals surface area (Å²) in [5.41, 5.74) is 1.84. The van der Waals surface area contributed by atoms with Crippen LogP contribution in [0.3, 0.4) is 0 Å². The quantitative estimate of drug-likeness (QED) is 0.681. The van der Waals surface area contributed by atoms with Crippen LogP contribution in [0.2, 0.25) is 0 Å². The van der Waals surface area contributed by atoms with Gasteiger partial charge in [-0.25, -0.2) is 0 Å². The number of rotatable bonds is 2. The van der Waals surface area contributed by atoms with Crippen molar-refractivity contribution in [2.75, 3.05) is 18.0 Å². The molecule has 1 aromatic carbocycles. The van der Waals surface area contributed by atoms with Gasteiger partial charge in [-0.15, -0.1) is 0 Å². The number of hydrogen-bond acceptors (Lipinski definition) is 5. The van der Waals surface area contributed by atoms with Gasteiger partial charge in [-0.2, -0.15) is 0 Å². The zero-order chi connectivity index (χ0) is 15.9. The van der Waals surface area contributed by atoms with Gasteiger partial charge in [-0.05, 0) is 38.8 Å². The molecule has 1 unspecified atom stereocenters. The van der Waals surface area contributed by atoms with Crippen molar-refractivity contribution >= 4 is 22.3 Å². The Balaban J connectivity index is 2.14. The highest BCUT2D eigenvalue weighted by Gasteiger charge is 2.29. The van der Waals surface area contributed by atoms with Gasteiger partial charge >= 0.3 is 0 Å². The normalized spacial score (nSPS) is 22.0. The van der Waals surface area contributed by atoms with E-state index in [-0.39, 0.29) is 5.69 Å². The third-order valence-corrected chi connectivity index (χ3v) is 4.12. The number of anilines is 1. The van der Waals surface area contributed by atoms with Crippen LogP contribution in [-0.4, -0.2) is 33.7 Å². The molecule has 1 N–H and O–H groups in total. The number of fused-ring (bicyclic) bond motifs is 1. The summed E-state index contributed by atoms with van der Waals surface area (Å²) in [5, 5.41) is 22.1. The Morgan fingerprint density at radius 1 is 1.41 bits per heavy atom. The van der Waals surface area contributed by atoms with Crippen LogP contribution >= 0.6 is 0 Å². The molecule has 2 aromatic rings. The molecule has 1 aromatic heterocycles. The lowest BCUT2D eigenvalue weighted by Gasteiger charge is -2.38. The third kappa shape index (κ3) is 2.74. The van der Waals surface area contributed by atoms with Crippen LogP contribution in [0, 0.1) is 17.0 Å². The fourth-order valence-corrected chi connectivity index (χ4v) is 3.13. The van der Waals surface area contributed by atoms with Crippen molar-refractivity contribution in [1.82, 2.24) is 4.98 Å². The summed E-state index contributed by atoms with van der Waals surface area (Å²) < 4.78 is 0. The minimum atomic E-state index is -0.734. The van der Waals surface area contributed by atoms with Crippen LogP contribution in [0.5, 0.6) is 0 Å². The second kappa shape index (κ2) is 5.21. The lowest BCUT2D eigenvalue weighted by molar-refractivity contribution is -0.384. The highest BCUT2D eigenvalue weighted by molar-refractivity contribution is 5.93. The van der Waals surface area contributed by atoms with E-state index < -0.39 is 10.5 Å². The smallest absolute Gasteiger partial charge is 0.270 e. The van der Waals surface area contributed by atoms with E-state index in [1.165, 1.54) is 6.07 Å². The van der Waals surface area contributed by atoms with E-state index >= 15 is 0 Å². The minimum absolute atomic E-state index is 0.0585. The van der Waals surface area contributed by atoms with Crippen molar-refractivity contribution in [3.05, 3.63) is 40.1 Å². The van der Waals surface area contributed by atoms with Crippen LogP contribution in [0.4, 0.5) is 11.4 Å². The first kappa shape index (κ1) is 14.7. The number of non-ortho nitro benzene ring substituents is 1. The summed E-state index contributed by atoms with van der Waals surface area (Å²) >= 11 is 0. The number of piperidine rings is 1. The monoisotopic (exact) mass is 301 g/mol. The number of hydrogen-bond donors (Lipinski definition) is 1. The summed E-state index contributed by atoms with van der Waals surface area (Å²) in [6.45, 7) is 5.09. The maximum Gasteiger partial charge on any atom is 0.270 e. The van der Waals surface area contributed by atoms with E-state index in [1.54, 1.807) is 12.1 Å². The summed E-state index contributed by atoms with van der Waals surface area (Å²) in [6, 6.07) is 6.67. The Kier molecular flexibility index (Phi) is 3.48. The van der Waals surface area contributed by atoms with E-state index in [4.69, 9.17) is 0 Å². The number of nitro benzene ring substituents is 1. The van der Waals surface area contributed by atoms with Gasteiger partial charge in [-0.1, -0.05) is 0 Å². The Morgan fingerprint density at radius 3 is 2.86 bits per heavy atom. The standard InChI is InChI=1S/C16H19N3O3/c1-11-8-15(18-7-3-6-16(2,20)10-18)13-9-12(19(21)22)4-5-14(13)17-11/h4-5,8-9,20H,3,6-7,10H2,1-2H3. The summed E-state index contributed by atoms with van der Waals surface area (Å²) in [5.74, 6) is 0. The molecule has 3 rings (SSSR count). The molecule has 0 amide bonds. The first-order chi connectivity index (χ1) is 10.4. The van der Waals surface area contributed by atoms with Crippen molar-refractivity contribution in [3.8, 4) is 0 Å². The first-order valence-electron chi connectivity index (χ1n) is 7.39. The molecule has 6 heteroatoms. The van der Waals surface area contributed by atoms with E-state index in [9.17, 15) is 15.2 Å². The number of β-amino-alcohol motifs (C(OH)–C–C–N with tert-alkyl or cyclic N) is 1. The van der Waals surface area contributed by atoms with Gasteiger partial charge in [0.05, 0.1) is 16.0 Å². The van der Waals surface area contributed by atoms with Gasteiger partial charge in [-0.3, -0.25) is 15.1 Å². The number of aromatic nitrogens is 1. The van der Waals surface area contributed by atoms with Crippen LogP contribution in [0.1, 0.15) is 25.5 Å². The lowest BCUT2D eigenvalue weighted by Crippen LogP contribution is -2.46. The fraction of sp³-hybridized carbons (Fsp3) is 0.438. The molecule has 1 aliphatic rings. The van der Waals surface area contributed by atoms with Gasteiger partial charge in [0.1, 0.15) is 0 Å². The Labute approximate surface area is 128 Å². The van der Waals surface area contributed by atoms with Crippen LogP contribution < -0.4 is 4.90 Å². The van der Waals surface area contributed by atoms with Crippen LogP contribution in [0.25, 0.3) is 10.9 Å². The lowest BCUT2D eigenvalue weighted by atomic mass is 9.94. The molecule has 1 atom stereocenters. The number of benzene rings is 1. The maximum absolute atomic E-state index is 11.0. The predicted molar refractivity (Wildman–Crippen MR) is 85.2 cm³/mol. The number of pyridine rings is 1. The zero-order valence-electron chi connectivity index (χ0n) is 12.7. The molecule has 0 saturated carbocycles. The molecular formula is C16H19N3O3. The second-order valence-electron chi connectivity index (χ2n) is 6.26. The van der Waals surface area contributed by atoms with Gasteiger partial charge in [0.2, 0.25) is 0 Å². The molecule has 0 spiro atoms. The predicted octanol–water partition coefficient (Wildman–Crippen LogP) is 2.80. The molecule has 22 heavy (non-hydrogen) atoms. The molecule has 1 saturated heterocycles. The third-order valence-electron chi connectivity index (χ3n) is 4.12. The Hall–Kier alpha value is -2.21. The molecule has 0 radical (unpaired) electrons. The van der Waals surface area contributed by atoms with Crippen molar-refractivity contribution in [2.45, 2.75) is 32.3 Å². The average molecular weight is 301 g/mol. The molecule has 116 valence electrons. The van der Waals surface area contributed by atoms with Crippen LogP contribution in [-0.2, 0) is 0 Å². The van der Waals surface area contributed by atoms with Gasteiger partial charge in [0.15, 0.2) is 0 Å². The van der Waals surface area contributed by atoms with Gasteiger partial charge in [0.25, 0.3) is 5.69 Å². The van der Waals surface area contributed by atoms with Gasteiger partial charge in [0, 0.05) is 42.0 Å². The molecule has 1 aliphatic heterocycles. The number of nitro groups is 1. The van der Waals surface area contributed by atoms with E-state index in [2.05, 4.69) is 9.88 Å². The largest absolute Gasteiger partial charge is 0.388 e. The SMILES string of the molecule is Cc1cc(N2CCCC(C)(O)C2)c2cc([N+](=O)[O-])ccc2n1. The van der Waals surface area contributed by atoms with Crippen LogP contribution in [0.15, 0.2) is 24.3 Å². The number of aryl methyl sites for hydroxylation is 1. The van der Waals surface area contributed by atoms with Crippen molar-refractivity contribution in [1.29, 1.82) is 0 Å². The zero-order valence-corrected chi connectivity index (χ0v) is 12.7. The van der Waals surface area contributed by atoms with Gasteiger partial charge < -0.3 is 10.0 Å². The Bertz CT molecular complexity index is 743. The maximum atomic E-state index is 11.0. The summed E-state index contributed by atoms with van der Waals surface area (Å²) in [7, 11) is 0. The Morgan fingerprint density at radius 2 is 2.18 bits per heavy atom. The highest BCUT2D eigenvalue weighted by Crippen LogP contribution is 2.33. The molecule has 0 bridgehead atoms. The molecule has 1 fully saturated rings. The molecule has 0 aliphatic carbocycles. The number of nitrogens with zero attached hydrogens (tertiary/aromatic N) is 3. The number of aliphatic hydroxyl groups is 1.